The highest BCUT2D eigenvalue weighted by atomic mass is 79.9. The van der Waals surface area contributed by atoms with E-state index in [1.165, 1.54) is 24.3 Å². The van der Waals surface area contributed by atoms with E-state index in [1.54, 1.807) is 19.2 Å². The van der Waals surface area contributed by atoms with Gasteiger partial charge in [-0.2, -0.15) is 5.26 Å². The molecular formula is C24H18BrFN2O2. The molecule has 3 aromatic rings. The molecule has 0 aliphatic heterocycles. The van der Waals surface area contributed by atoms with E-state index in [2.05, 4.69) is 21.2 Å². The number of ether oxygens (including phenoxy) is 1. The first-order chi connectivity index (χ1) is 14.5. The number of methoxy groups -OCH3 is 1. The number of hydrogen-bond donors (Lipinski definition) is 1. The number of amides is 1. The molecule has 6 heteroatoms. The Morgan fingerprint density at radius 2 is 1.87 bits per heavy atom. The number of rotatable bonds is 6. The Bertz CT molecular complexity index is 1150. The van der Waals surface area contributed by atoms with Crippen LogP contribution in [0.15, 0.2) is 76.8 Å². The SMILES string of the molecule is COc1cc(/C=C(\C#N)C(=O)Nc2ccccc2F)ccc1Cc1ccccc1Br. The highest BCUT2D eigenvalue weighted by Crippen LogP contribution is 2.27. The van der Waals surface area contributed by atoms with Crippen LogP contribution in [0.3, 0.4) is 0 Å². The van der Waals surface area contributed by atoms with Crippen molar-refractivity contribution >= 4 is 33.6 Å². The first kappa shape index (κ1) is 21.3. The molecule has 0 aromatic heterocycles. The van der Waals surface area contributed by atoms with Gasteiger partial charge in [0.05, 0.1) is 12.8 Å². The van der Waals surface area contributed by atoms with Crippen LogP contribution in [0.2, 0.25) is 0 Å². The van der Waals surface area contributed by atoms with Crippen molar-refractivity contribution in [2.75, 3.05) is 12.4 Å². The van der Waals surface area contributed by atoms with E-state index in [0.29, 0.717) is 17.7 Å². The van der Waals surface area contributed by atoms with Crippen LogP contribution in [0.25, 0.3) is 6.08 Å². The van der Waals surface area contributed by atoms with E-state index in [9.17, 15) is 14.4 Å². The Labute approximate surface area is 182 Å². The lowest BCUT2D eigenvalue weighted by atomic mass is 10.0. The van der Waals surface area contributed by atoms with Crippen molar-refractivity contribution in [1.29, 1.82) is 5.26 Å². The molecule has 1 amide bonds. The molecule has 0 saturated heterocycles. The Kier molecular flexibility index (Phi) is 6.99. The van der Waals surface area contributed by atoms with E-state index in [1.807, 2.05) is 42.5 Å². The molecule has 0 fully saturated rings. The summed E-state index contributed by atoms with van der Waals surface area (Å²) in [5.41, 5.74) is 2.59. The maximum atomic E-state index is 13.8. The number of hydrogen-bond acceptors (Lipinski definition) is 3. The molecule has 0 spiro atoms. The highest BCUT2D eigenvalue weighted by Gasteiger charge is 2.13. The molecule has 0 unspecified atom stereocenters. The Morgan fingerprint density at radius 3 is 2.57 bits per heavy atom. The smallest absolute Gasteiger partial charge is 0.266 e. The van der Waals surface area contributed by atoms with Crippen molar-refractivity contribution in [3.05, 3.63) is 99.3 Å². The van der Waals surface area contributed by atoms with Gasteiger partial charge in [-0.3, -0.25) is 4.79 Å². The van der Waals surface area contributed by atoms with Gasteiger partial charge in [0, 0.05) is 10.9 Å². The maximum absolute atomic E-state index is 13.8. The van der Waals surface area contributed by atoms with Gasteiger partial charge in [0.15, 0.2) is 0 Å². The fourth-order valence-electron chi connectivity index (χ4n) is 2.91. The van der Waals surface area contributed by atoms with Gasteiger partial charge < -0.3 is 10.1 Å². The minimum atomic E-state index is -0.682. The maximum Gasteiger partial charge on any atom is 0.266 e. The number of nitrogens with zero attached hydrogens (tertiary/aromatic N) is 1. The first-order valence-corrected chi connectivity index (χ1v) is 9.89. The molecule has 3 aromatic carbocycles. The summed E-state index contributed by atoms with van der Waals surface area (Å²) in [6.07, 6.45) is 2.11. The third-order valence-electron chi connectivity index (χ3n) is 4.45. The number of carbonyl (C=O) groups is 1. The molecule has 30 heavy (non-hydrogen) atoms. The van der Waals surface area contributed by atoms with Crippen molar-refractivity contribution in [2.24, 2.45) is 0 Å². The molecule has 1 N–H and O–H groups in total. The lowest BCUT2D eigenvalue weighted by Gasteiger charge is -2.11. The fraction of sp³-hybridized carbons (Fsp3) is 0.0833. The minimum Gasteiger partial charge on any atom is -0.496 e. The van der Waals surface area contributed by atoms with Crippen molar-refractivity contribution < 1.29 is 13.9 Å². The number of anilines is 1. The second kappa shape index (κ2) is 9.86. The number of nitriles is 1. The number of halogens is 2. The van der Waals surface area contributed by atoms with E-state index in [4.69, 9.17) is 4.74 Å². The van der Waals surface area contributed by atoms with Crippen molar-refractivity contribution in [3.63, 3.8) is 0 Å². The first-order valence-electron chi connectivity index (χ1n) is 9.10. The predicted octanol–water partition coefficient (Wildman–Crippen LogP) is 5.73. The van der Waals surface area contributed by atoms with Gasteiger partial charge in [-0.15, -0.1) is 0 Å². The largest absolute Gasteiger partial charge is 0.496 e. The van der Waals surface area contributed by atoms with Gasteiger partial charge in [-0.25, -0.2) is 4.39 Å². The lowest BCUT2D eigenvalue weighted by molar-refractivity contribution is -0.112. The summed E-state index contributed by atoms with van der Waals surface area (Å²) in [6, 6.07) is 21.1. The van der Waals surface area contributed by atoms with Crippen LogP contribution in [0.4, 0.5) is 10.1 Å². The van der Waals surface area contributed by atoms with E-state index in [-0.39, 0.29) is 11.3 Å². The third kappa shape index (κ3) is 5.13. The van der Waals surface area contributed by atoms with Crippen LogP contribution in [0, 0.1) is 17.1 Å². The van der Waals surface area contributed by atoms with Gasteiger partial charge in [0.25, 0.3) is 5.91 Å². The second-order valence-electron chi connectivity index (χ2n) is 6.44. The van der Waals surface area contributed by atoms with E-state index in [0.717, 1.165) is 15.6 Å². The van der Waals surface area contributed by atoms with Gasteiger partial charge in [0.2, 0.25) is 0 Å². The van der Waals surface area contributed by atoms with Gasteiger partial charge in [-0.1, -0.05) is 58.4 Å². The zero-order chi connectivity index (χ0) is 21.5. The molecule has 0 atom stereocenters. The summed E-state index contributed by atoms with van der Waals surface area (Å²) in [5, 5.41) is 11.8. The predicted molar refractivity (Wildman–Crippen MR) is 119 cm³/mol. The minimum absolute atomic E-state index is 0.0185. The molecule has 150 valence electrons. The summed E-state index contributed by atoms with van der Waals surface area (Å²) in [6.45, 7) is 0. The monoisotopic (exact) mass is 464 g/mol. The Morgan fingerprint density at radius 1 is 1.13 bits per heavy atom. The molecule has 3 rings (SSSR count). The highest BCUT2D eigenvalue weighted by molar-refractivity contribution is 9.10. The van der Waals surface area contributed by atoms with Crippen molar-refractivity contribution in [1.82, 2.24) is 0 Å². The molecule has 4 nitrogen and oxygen atoms in total. The quantitative estimate of drug-likeness (QED) is 0.374. The van der Waals surface area contributed by atoms with E-state index < -0.39 is 11.7 Å². The summed E-state index contributed by atoms with van der Waals surface area (Å²) in [4.78, 5) is 12.4. The molecule has 0 heterocycles. The number of nitrogens with one attached hydrogen (secondary N) is 1. The normalized spacial score (nSPS) is 10.9. The number of carbonyl (C=O) groups excluding carboxylic acids is 1. The van der Waals surface area contributed by atoms with Crippen LogP contribution < -0.4 is 10.1 Å². The summed E-state index contributed by atoms with van der Waals surface area (Å²) >= 11 is 3.55. The molecule has 0 aliphatic carbocycles. The molecule has 0 radical (unpaired) electrons. The summed E-state index contributed by atoms with van der Waals surface area (Å²) in [7, 11) is 1.57. The zero-order valence-electron chi connectivity index (χ0n) is 16.2. The Balaban J connectivity index is 1.84. The third-order valence-corrected chi connectivity index (χ3v) is 5.22. The number of para-hydroxylation sites is 1. The summed E-state index contributed by atoms with van der Waals surface area (Å²) in [5.74, 6) is -0.605. The second-order valence-corrected chi connectivity index (χ2v) is 7.30. The fourth-order valence-corrected chi connectivity index (χ4v) is 3.34. The van der Waals surface area contributed by atoms with Gasteiger partial charge >= 0.3 is 0 Å². The average Bonchev–Trinajstić information content (AvgIpc) is 2.76. The van der Waals surface area contributed by atoms with Crippen LogP contribution in [0.1, 0.15) is 16.7 Å². The van der Waals surface area contributed by atoms with E-state index >= 15 is 0 Å². The van der Waals surface area contributed by atoms with Crippen molar-refractivity contribution in [3.8, 4) is 11.8 Å². The van der Waals surface area contributed by atoms with Gasteiger partial charge in [0.1, 0.15) is 23.2 Å². The van der Waals surface area contributed by atoms with Gasteiger partial charge in [-0.05, 0) is 47.0 Å². The molecule has 0 aliphatic rings. The molecule has 0 saturated carbocycles. The topological polar surface area (TPSA) is 62.1 Å². The van der Waals surface area contributed by atoms with Crippen LogP contribution >= 0.6 is 15.9 Å². The van der Waals surface area contributed by atoms with Crippen LogP contribution in [-0.2, 0) is 11.2 Å². The summed E-state index contributed by atoms with van der Waals surface area (Å²) < 4.78 is 20.3. The molecule has 0 bridgehead atoms. The molecular weight excluding hydrogens is 447 g/mol. The van der Waals surface area contributed by atoms with Crippen molar-refractivity contribution in [2.45, 2.75) is 6.42 Å². The zero-order valence-corrected chi connectivity index (χ0v) is 17.7. The van der Waals surface area contributed by atoms with Crippen LogP contribution in [-0.4, -0.2) is 13.0 Å². The van der Waals surface area contributed by atoms with Crippen LogP contribution in [0.5, 0.6) is 5.75 Å². The Hall–Kier alpha value is -3.43. The average molecular weight is 465 g/mol. The number of benzene rings is 3. The lowest BCUT2D eigenvalue weighted by Crippen LogP contribution is -2.14. The standard InChI is InChI=1S/C24H18BrFN2O2/c1-30-23-13-16(10-11-18(23)14-17-6-2-3-7-20(17)25)12-19(15-27)24(29)28-22-9-5-4-8-21(22)26/h2-13H,14H2,1H3,(H,28,29)/b19-12+.